The third-order valence-electron chi connectivity index (χ3n) is 6.04. The van der Waals surface area contributed by atoms with Gasteiger partial charge in [0.15, 0.2) is 0 Å². The maximum atomic E-state index is 13.4. The number of carbonyl (C=O) groups excluding carboxylic acids is 2. The minimum absolute atomic E-state index is 0.210. The molecule has 0 saturated carbocycles. The van der Waals surface area contributed by atoms with Crippen molar-refractivity contribution in [2.75, 3.05) is 0 Å². The zero-order valence-electron chi connectivity index (χ0n) is 23.8. The molecule has 2 atom stereocenters. The third kappa shape index (κ3) is 10.9. The fraction of sp³-hybridized carbons (Fsp3) is 0.394. The number of benzene rings is 3. The highest BCUT2D eigenvalue weighted by Crippen LogP contribution is 2.17. The van der Waals surface area contributed by atoms with Crippen molar-refractivity contribution in [3.05, 3.63) is 102 Å². The number of hydrogen-bond acceptors (Lipinski definition) is 5. The summed E-state index contributed by atoms with van der Waals surface area (Å²) >= 11 is 0. The molecule has 3 aromatic rings. The fourth-order valence-corrected chi connectivity index (χ4v) is 4.13. The van der Waals surface area contributed by atoms with Crippen LogP contribution in [-0.2, 0) is 33.9 Å². The van der Waals surface area contributed by atoms with Gasteiger partial charge >= 0.3 is 5.97 Å². The molecule has 3 aromatic carbocycles. The number of carbonyl (C=O) groups is 2. The first-order valence-electron chi connectivity index (χ1n) is 13.7. The summed E-state index contributed by atoms with van der Waals surface area (Å²) in [6.07, 6.45) is 0.958. The Labute approximate surface area is 233 Å². The topological polar surface area (TPSA) is 76.7 Å². The summed E-state index contributed by atoms with van der Waals surface area (Å²) < 4.78 is 11.6. The molecule has 6 nitrogen and oxygen atoms in total. The van der Waals surface area contributed by atoms with Crippen LogP contribution in [0.5, 0.6) is 5.75 Å². The van der Waals surface area contributed by atoms with Crippen molar-refractivity contribution in [3.8, 4) is 5.75 Å². The Morgan fingerprint density at radius 2 is 1.36 bits per heavy atom. The lowest BCUT2D eigenvalue weighted by atomic mass is 10.0. The summed E-state index contributed by atoms with van der Waals surface area (Å²) in [6, 6.07) is 26.3. The van der Waals surface area contributed by atoms with Crippen LogP contribution < -0.4 is 15.4 Å². The van der Waals surface area contributed by atoms with Gasteiger partial charge in [0.2, 0.25) is 5.91 Å². The molecule has 39 heavy (non-hydrogen) atoms. The first-order chi connectivity index (χ1) is 18.6. The zero-order valence-corrected chi connectivity index (χ0v) is 23.8. The molecule has 0 spiro atoms. The lowest BCUT2D eigenvalue weighted by molar-refractivity contribution is -0.158. The van der Waals surface area contributed by atoms with Crippen molar-refractivity contribution in [1.29, 1.82) is 0 Å². The minimum atomic E-state index is -0.819. The molecular weight excluding hydrogens is 488 g/mol. The predicted molar refractivity (Wildman–Crippen MR) is 155 cm³/mol. The van der Waals surface area contributed by atoms with E-state index in [9.17, 15) is 9.59 Å². The fourth-order valence-electron chi connectivity index (χ4n) is 4.13. The van der Waals surface area contributed by atoms with E-state index in [0.717, 1.165) is 22.4 Å². The van der Waals surface area contributed by atoms with Gasteiger partial charge in [-0.25, -0.2) is 4.79 Å². The Bertz CT molecular complexity index is 1160. The van der Waals surface area contributed by atoms with Crippen LogP contribution in [0.1, 0.15) is 57.7 Å². The van der Waals surface area contributed by atoms with E-state index in [1.165, 1.54) is 0 Å². The minimum Gasteiger partial charge on any atom is -0.489 e. The van der Waals surface area contributed by atoms with Gasteiger partial charge in [0.1, 0.15) is 24.0 Å². The number of hydrogen-bond donors (Lipinski definition) is 2. The largest absolute Gasteiger partial charge is 0.489 e. The van der Waals surface area contributed by atoms with Gasteiger partial charge in [-0.1, -0.05) is 86.6 Å². The number of esters is 1. The normalized spacial score (nSPS) is 13.0. The Morgan fingerprint density at radius 3 is 1.92 bits per heavy atom. The predicted octanol–water partition coefficient (Wildman–Crippen LogP) is 5.84. The van der Waals surface area contributed by atoms with E-state index in [-0.39, 0.29) is 5.91 Å². The molecule has 6 heteroatoms. The van der Waals surface area contributed by atoms with Crippen molar-refractivity contribution < 1.29 is 19.1 Å². The molecule has 208 valence electrons. The maximum absolute atomic E-state index is 13.4. The molecule has 0 saturated heterocycles. The standard InChI is InChI=1S/C33H42N2O4/c1-24(2)20-29(34-22-26-12-8-6-9-13-26)31(36)35-30(32(37)39-33(3,4)5)21-25-16-18-28(19-17-25)38-23-27-14-10-7-11-15-27/h6-19,24,29-30,34H,20-23H2,1-5H3,(H,35,36)/t29-,30+/m0/s1. The number of nitrogens with one attached hydrogen (secondary N) is 2. The van der Waals surface area contributed by atoms with E-state index in [0.29, 0.717) is 31.9 Å². The highest BCUT2D eigenvalue weighted by atomic mass is 16.6. The van der Waals surface area contributed by atoms with Crippen LogP contribution in [0.3, 0.4) is 0 Å². The highest BCUT2D eigenvalue weighted by molar-refractivity contribution is 5.87. The Hall–Kier alpha value is -3.64. The lowest BCUT2D eigenvalue weighted by Crippen LogP contribution is -2.52. The smallest absolute Gasteiger partial charge is 0.329 e. The monoisotopic (exact) mass is 530 g/mol. The molecular formula is C33H42N2O4. The van der Waals surface area contributed by atoms with Crippen LogP contribution in [0.25, 0.3) is 0 Å². The van der Waals surface area contributed by atoms with Crippen LogP contribution in [0, 0.1) is 5.92 Å². The van der Waals surface area contributed by atoms with Crippen LogP contribution in [0.2, 0.25) is 0 Å². The van der Waals surface area contributed by atoms with Gasteiger partial charge in [-0.2, -0.15) is 0 Å². The lowest BCUT2D eigenvalue weighted by Gasteiger charge is -2.27. The average Bonchev–Trinajstić information content (AvgIpc) is 2.90. The molecule has 0 fully saturated rings. The molecule has 1 amide bonds. The van der Waals surface area contributed by atoms with Gasteiger partial charge < -0.3 is 20.1 Å². The van der Waals surface area contributed by atoms with Gasteiger partial charge in [0, 0.05) is 13.0 Å². The van der Waals surface area contributed by atoms with E-state index in [1.807, 2.05) is 106 Å². The van der Waals surface area contributed by atoms with Crippen molar-refractivity contribution in [3.63, 3.8) is 0 Å². The molecule has 0 aliphatic heterocycles. The summed E-state index contributed by atoms with van der Waals surface area (Å²) in [5.41, 5.74) is 2.41. The van der Waals surface area contributed by atoms with Gasteiger partial charge in [0.05, 0.1) is 6.04 Å². The second-order valence-corrected chi connectivity index (χ2v) is 11.3. The average molecular weight is 531 g/mol. The van der Waals surface area contributed by atoms with E-state index < -0.39 is 23.7 Å². The summed E-state index contributed by atoms with van der Waals surface area (Å²) in [5.74, 6) is 0.375. The first kappa shape index (κ1) is 29.9. The Balaban J connectivity index is 1.69. The number of amides is 1. The zero-order chi connectivity index (χ0) is 28.3. The molecule has 0 heterocycles. The summed E-state index contributed by atoms with van der Waals surface area (Å²) in [4.78, 5) is 26.6. The van der Waals surface area contributed by atoms with Gasteiger partial charge in [-0.3, -0.25) is 4.79 Å². The molecule has 0 aliphatic rings. The molecule has 0 bridgehead atoms. The highest BCUT2D eigenvalue weighted by Gasteiger charge is 2.30. The van der Waals surface area contributed by atoms with Crippen molar-refractivity contribution >= 4 is 11.9 Å². The molecule has 0 aliphatic carbocycles. The van der Waals surface area contributed by atoms with Gasteiger partial charge in [-0.15, -0.1) is 0 Å². The Morgan fingerprint density at radius 1 is 0.769 bits per heavy atom. The summed E-state index contributed by atoms with van der Waals surface area (Å²) in [7, 11) is 0. The van der Waals surface area contributed by atoms with E-state index in [1.54, 1.807) is 0 Å². The number of rotatable bonds is 13. The van der Waals surface area contributed by atoms with Crippen LogP contribution in [0.4, 0.5) is 0 Å². The Kier molecular flexibility index (Phi) is 11.1. The SMILES string of the molecule is CC(C)C[C@H](NCc1ccccc1)C(=O)N[C@H](Cc1ccc(OCc2ccccc2)cc1)C(=O)OC(C)(C)C. The number of ether oxygens (including phenoxy) is 2. The first-order valence-corrected chi connectivity index (χ1v) is 13.7. The van der Waals surface area contributed by atoms with Gasteiger partial charge in [-0.05, 0) is 61.9 Å². The van der Waals surface area contributed by atoms with Crippen molar-refractivity contribution in [1.82, 2.24) is 10.6 Å². The molecule has 3 rings (SSSR count). The molecule has 0 unspecified atom stereocenters. The molecule has 2 N–H and O–H groups in total. The van der Waals surface area contributed by atoms with Crippen LogP contribution in [0.15, 0.2) is 84.9 Å². The van der Waals surface area contributed by atoms with Crippen LogP contribution in [-0.4, -0.2) is 29.6 Å². The van der Waals surface area contributed by atoms with E-state index in [4.69, 9.17) is 9.47 Å². The summed E-state index contributed by atoms with van der Waals surface area (Å²) in [5, 5.41) is 6.36. The quantitative estimate of drug-likeness (QED) is 0.272. The van der Waals surface area contributed by atoms with Crippen molar-refractivity contribution in [2.24, 2.45) is 5.92 Å². The molecule has 0 radical (unpaired) electrons. The second-order valence-electron chi connectivity index (χ2n) is 11.3. The second kappa shape index (κ2) is 14.5. The van der Waals surface area contributed by atoms with E-state index >= 15 is 0 Å². The van der Waals surface area contributed by atoms with Crippen LogP contribution >= 0.6 is 0 Å². The maximum Gasteiger partial charge on any atom is 0.329 e. The third-order valence-corrected chi connectivity index (χ3v) is 6.04. The van der Waals surface area contributed by atoms with Gasteiger partial charge in [0.25, 0.3) is 0 Å². The van der Waals surface area contributed by atoms with E-state index in [2.05, 4.69) is 24.5 Å². The molecule has 0 aromatic heterocycles. The summed E-state index contributed by atoms with van der Waals surface area (Å²) in [6.45, 7) is 10.7. The van der Waals surface area contributed by atoms with Crippen molar-refractivity contribution in [2.45, 2.75) is 78.3 Å².